The van der Waals surface area contributed by atoms with Gasteiger partial charge < -0.3 is 10.6 Å². The van der Waals surface area contributed by atoms with E-state index in [1.54, 1.807) is 6.08 Å². The molecule has 1 unspecified atom stereocenters. The molecule has 0 bridgehead atoms. The highest BCUT2D eigenvalue weighted by molar-refractivity contribution is 6.07. The van der Waals surface area contributed by atoms with E-state index >= 15 is 0 Å². The van der Waals surface area contributed by atoms with Crippen LogP contribution in [0.4, 0.5) is 0 Å². The zero-order valence-electron chi connectivity index (χ0n) is 12.1. The van der Waals surface area contributed by atoms with Gasteiger partial charge in [-0.25, -0.2) is 0 Å². The molecule has 0 saturated carbocycles. The van der Waals surface area contributed by atoms with Gasteiger partial charge in [0.2, 0.25) is 5.91 Å². The zero-order chi connectivity index (χ0) is 14.7. The Labute approximate surface area is 119 Å². The summed E-state index contributed by atoms with van der Waals surface area (Å²) in [7, 11) is 0. The Morgan fingerprint density at radius 2 is 2.05 bits per heavy atom. The van der Waals surface area contributed by atoms with Crippen molar-refractivity contribution in [2.45, 2.75) is 33.2 Å². The molecule has 1 aliphatic heterocycles. The molecule has 1 saturated heterocycles. The first kappa shape index (κ1) is 14.3. The van der Waals surface area contributed by atoms with Crippen LogP contribution in [0.3, 0.4) is 0 Å². The number of nitrogens with one attached hydrogen (secondary N) is 2. The van der Waals surface area contributed by atoms with E-state index < -0.39 is 6.04 Å². The average molecular weight is 272 g/mol. The predicted octanol–water partition coefficient (Wildman–Crippen LogP) is 2.00. The van der Waals surface area contributed by atoms with Crippen LogP contribution in [-0.2, 0) is 9.59 Å². The SMILES string of the molecule is Cc1cccc(/C=C2\NC(=O)C(CC(C)C)NC2=O)c1. The number of piperazine rings is 1. The van der Waals surface area contributed by atoms with Gasteiger partial charge in [-0.2, -0.15) is 0 Å². The lowest BCUT2D eigenvalue weighted by molar-refractivity contribution is -0.131. The van der Waals surface area contributed by atoms with Crippen molar-refractivity contribution >= 4 is 17.9 Å². The maximum Gasteiger partial charge on any atom is 0.268 e. The highest BCUT2D eigenvalue weighted by Crippen LogP contribution is 2.13. The molecule has 1 fully saturated rings. The molecule has 4 heteroatoms. The van der Waals surface area contributed by atoms with Gasteiger partial charge in [-0.05, 0) is 30.9 Å². The molecule has 0 aromatic heterocycles. The average Bonchev–Trinajstić information content (AvgIpc) is 2.35. The first-order valence-corrected chi connectivity index (χ1v) is 6.86. The Bertz CT molecular complexity index is 561. The second-order valence-electron chi connectivity index (χ2n) is 5.62. The summed E-state index contributed by atoms with van der Waals surface area (Å²) < 4.78 is 0. The monoisotopic (exact) mass is 272 g/mol. The van der Waals surface area contributed by atoms with Crippen LogP contribution < -0.4 is 10.6 Å². The molecule has 0 aliphatic carbocycles. The van der Waals surface area contributed by atoms with Gasteiger partial charge in [-0.3, -0.25) is 9.59 Å². The third kappa shape index (κ3) is 3.47. The van der Waals surface area contributed by atoms with Crippen molar-refractivity contribution in [1.29, 1.82) is 0 Å². The molecule has 1 aliphatic rings. The Balaban J connectivity index is 2.16. The van der Waals surface area contributed by atoms with Crippen molar-refractivity contribution in [3.05, 3.63) is 41.1 Å². The molecular formula is C16H20N2O2. The van der Waals surface area contributed by atoms with Crippen LogP contribution in [0, 0.1) is 12.8 Å². The quantitative estimate of drug-likeness (QED) is 0.827. The topological polar surface area (TPSA) is 58.2 Å². The van der Waals surface area contributed by atoms with Gasteiger partial charge in [0.15, 0.2) is 0 Å². The number of carbonyl (C=O) groups is 2. The molecule has 2 amide bonds. The predicted molar refractivity (Wildman–Crippen MR) is 78.7 cm³/mol. The van der Waals surface area contributed by atoms with Gasteiger partial charge in [-0.15, -0.1) is 0 Å². The zero-order valence-corrected chi connectivity index (χ0v) is 12.1. The van der Waals surface area contributed by atoms with E-state index in [0.29, 0.717) is 18.0 Å². The van der Waals surface area contributed by atoms with Crippen LogP contribution in [0.15, 0.2) is 30.0 Å². The molecule has 106 valence electrons. The molecule has 4 nitrogen and oxygen atoms in total. The van der Waals surface area contributed by atoms with Gasteiger partial charge in [0.05, 0.1) is 0 Å². The van der Waals surface area contributed by atoms with Gasteiger partial charge in [0.25, 0.3) is 5.91 Å². The summed E-state index contributed by atoms with van der Waals surface area (Å²) in [6.45, 7) is 6.04. The lowest BCUT2D eigenvalue weighted by Crippen LogP contribution is -2.55. The summed E-state index contributed by atoms with van der Waals surface area (Å²) in [6.07, 6.45) is 2.35. The Morgan fingerprint density at radius 3 is 2.70 bits per heavy atom. The minimum Gasteiger partial charge on any atom is -0.339 e. The molecule has 1 aromatic carbocycles. The Hall–Kier alpha value is -2.10. The van der Waals surface area contributed by atoms with E-state index in [4.69, 9.17) is 0 Å². The number of amides is 2. The normalized spacial score (nSPS) is 21.0. The fourth-order valence-electron chi connectivity index (χ4n) is 2.24. The molecule has 20 heavy (non-hydrogen) atoms. The standard InChI is InChI=1S/C16H20N2O2/c1-10(2)7-13-15(19)18-14(16(20)17-13)9-12-6-4-5-11(3)8-12/h4-6,8-10,13H,7H2,1-3H3,(H,17,20)(H,18,19)/b14-9-. The van der Waals surface area contributed by atoms with Crippen LogP contribution in [-0.4, -0.2) is 17.9 Å². The highest BCUT2D eigenvalue weighted by Gasteiger charge is 2.29. The first-order chi connectivity index (χ1) is 9.45. The number of carbonyl (C=O) groups excluding carboxylic acids is 2. The van der Waals surface area contributed by atoms with Gasteiger partial charge in [-0.1, -0.05) is 43.7 Å². The Morgan fingerprint density at radius 1 is 1.30 bits per heavy atom. The van der Waals surface area contributed by atoms with Crippen molar-refractivity contribution in [1.82, 2.24) is 10.6 Å². The smallest absolute Gasteiger partial charge is 0.268 e. The third-order valence-corrected chi connectivity index (χ3v) is 3.18. The van der Waals surface area contributed by atoms with Crippen molar-refractivity contribution in [3.63, 3.8) is 0 Å². The molecule has 2 N–H and O–H groups in total. The second-order valence-corrected chi connectivity index (χ2v) is 5.62. The van der Waals surface area contributed by atoms with Crippen LogP contribution >= 0.6 is 0 Å². The van der Waals surface area contributed by atoms with E-state index in [-0.39, 0.29) is 11.8 Å². The number of hydrogen-bond acceptors (Lipinski definition) is 2. The number of rotatable bonds is 3. The van der Waals surface area contributed by atoms with E-state index in [1.807, 2.05) is 45.0 Å². The second kappa shape index (κ2) is 5.90. The summed E-state index contributed by atoms with van der Waals surface area (Å²) >= 11 is 0. The van der Waals surface area contributed by atoms with Crippen LogP contribution in [0.1, 0.15) is 31.4 Å². The number of hydrogen-bond donors (Lipinski definition) is 2. The summed E-state index contributed by atoms with van der Waals surface area (Å²) in [4.78, 5) is 24.0. The minimum absolute atomic E-state index is 0.141. The highest BCUT2D eigenvalue weighted by atomic mass is 16.2. The molecule has 1 atom stereocenters. The van der Waals surface area contributed by atoms with Crippen molar-refractivity contribution in [2.24, 2.45) is 5.92 Å². The van der Waals surface area contributed by atoms with E-state index in [0.717, 1.165) is 11.1 Å². The largest absolute Gasteiger partial charge is 0.339 e. The fourth-order valence-corrected chi connectivity index (χ4v) is 2.24. The Kier molecular flexibility index (Phi) is 4.23. The van der Waals surface area contributed by atoms with E-state index in [2.05, 4.69) is 10.6 Å². The minimum atomic E-state index is -0.433. The number of benzene rings is 1. The molecule has 0 spiro atoms. The summed E-state index contributed by atoms with van der Waals surface area (Å²) in [5.74, 6) is -0.0117. The van der Waals surface area contributed by atoms with Gasteiger partial charge >= 0.3 is 0 Å². The molecule has 0 radical (unpaired) electrons. The van der Waals surface area contributed by atoms with Crippen molar-refractivity contribution < 1.29 is 9.59 Å². The van der Waals surface area contributed by atoms with Crippen LogP contribution in [0.2, 0.25) is 0 Å². The van der Waals surface area contributed by atoms with Crippen LogP contribution in [0.5, 0.6) is 0 Å². The van der Waals surface area contributed by atoms with Crippen LogP contribution in [0.25, 0.3) is 6.08 Å². The lowest BCUT2D eigenvalue weighted by Gasteiger charge is -2.26. The van der Waals surface area contributed by atoms with Crippen molar-refractivity contribution in [2.75, 3.05) is 0 Å². The molecular weight excluding hydrogens is 252 g/mol. The van der Waals surface area contributed by atoms with E-state index in [9.17, 15) is 9.59 Å². The summed E-state index contributed by atoms with van der Waals surface area (Å²) in [5.41, 5.74) is 2.32. The van der Waals surface area contributed by atoms with Gasteiger partial charge in [0, 0.05) is 0 Å². The lowest BCUT2D eigenvalue weighted by atomic mass is 10.0. The maximum atomic E-state index is 12.0. The molecule has 1 aromatic rings. The maximum absolute atomic E-state index is 12.0. The fraction of sp³-hybridized carbons (Fsp3) is 0.375. The first-order valence-electron chi connectivity index (χ1n) is 6.86. The summed E-state index contributed by atoms with van der Waals surface area (Å²) in [5, 5.41) is 5.46. The van der Waals surface area contributed by atoms with Gasteiger partial charge in [0.1, 0.15) is 11.7 Å². The third-order valence-electron chi connectivity index (χ3n) is 3.18. The summed E-state index contributed by atoms with van der Waals surface area (Å²) in [6, 6.07) is 7.34. The number of aryl methyl sites for hydroxylation is 1. The van der Waals surface area contributed by atoms with E-state index in [1.165, 1.54) is 0 Å². The molecule has 1 heterocycles. The van der Waals surface area contributed by atoms with Crippen molar-refractivity contribution in [3.8, 4) is 0 Å². The molecule has 2 rings (SSSR count).